The molecule has 1 heterocycles. The molecule has 4 amide bonds. The first kappa shape index (κ1) is 26.4. The summed E-state index contributed by atoms with van der Waals surface area (Å²) in [5.74, 6) is -0.787. The Kier molecular flexibility index (Phi) is 8.06. The van der Waals surface area contributed by atoms with Gasteiger partial charge in [0, 0.05) is 12.2 Å². The highest BCUT2D eigenvalue weighted by Crippen LogP contribution is 2.29. The van der Waals surface area contributed by atoms with Crippen molar-refractivity contribution in [3.63, 3.8) is 0 Å². The number of benzene rings is 3. The molecule has 196 valence electrons. The van der Waals surface area contributed by atoms with Crippen molar-refractivity contribution in [2.24, 2.45) is 0 Å². The number of urea groups is 1. The predicted octanol–water partition coefficient (Wildman–Crippen LogP) is 4.55. The summed E-state index contributed by atoms with van der Waals surface area (Å²) in [6.45, 7) is 3.99. The zero-order chi connectivity index (χ0) is 27.2. The Morgan fingerprint density at radius 1 is 0.974 bits per heavy atom. The van der Waals surface area contributed by atoms with E-state index >= 15 is 0 Å². The highest BCUT2D eigenvalue weighted by molar-refractivity contribution is 6.22. The third-order valence-corrected chi connectivity index (χ3v) is 6.16. The molecule has 9 heteroatoms. The van der Waals surface area contributed by atoms with Gasteiger partial charge in [-0.15, -0.1) is 0 Å². The summed E-state index contributed by atoms with van der Waals surface area (Å²) in [7, 11) is 1.56. The Balaban J connectivity index is 1.57. The maximum absolute atomic E-state index is 13.5. The molecular formula is C29H29N3O6. The van der Waals surface area contributed by atoms with E-state index in [1.165, 1.54) is 11.0 Å². The Bertz CT molecular complexity index is 1340. The van der Waals surface area contributed by atoms with E-state index in [0.717, 1.165) is 16.0 Å². The summed E-state index contributed by atoms with van der Waals surface area (Å²) >= 11 is 0. The van der Waals surface area contributed by atoms with E-state index in [4.69, 9.17) is 9.47 Å². The maximum atomic E-state index is 13.5. The number of hydrogen-bond acceptors (Lipinski definition) is 6. The van der Waals surface area contributed by atoms with Crippen molar-refractivity contribution in [1.82, 2.24) is 4.90 Å². The molecule has 3 aromatic carbocycles. The third-order valence-electron chi connectivity index (χ3n) is 6.16. The molecule has 0 radical (unpaired) electrons. The molecule has 4 rings (SSSR count). The van der Waals surface area contributed by atoms with Gasteiger partial charge in [-0.05, 0) is 61.9 Å². The highest BCUT2D eigenvalue weighted by atomic mass is 16.5. The molecule has 1 aliphatic heterocycles. The van der Waals surface area contributed by atoms with Crippen molar-refractivity contribution in [1.29, 1.82) is 0 Å². The number of carbonyl (C=O) groups is 4. The van der Waals surface area contributed by atoms with E-state index in [9.17, 15) is 19.2 Å². The standard InChI is InChI=1S/C29H29N3O6/c1-4-38-28(35)21-6-5-7-22(16-21)30-26(33)17-25-27(34)32(23-12-8-19(2)9-13-23)29(36)31(25)18-20-10-14-24(37-3)15-11-20/h5-16,25H,4,17-18H2,1-3H3,(H,30,33)/t25-/m1/s1. The number of nitrogens with one attached hydrogen (secondary N) is 1. The van der Waals surface area contributed by atoms with Gasteiger partial charge in [0.25, 0.3) is 5.91 Å². The van der Waals surface area contributed by atoms with Crippen LogP contribution in [0.5, 0.6) is 5.75 Å². The molecule has 1 saturated heterocycles. The van der Waals surface area contributed by atoms with Crippen molar-refractivity contribution >= 4 is 35.2 Å². The lowest BCUT2D eigenvalue weighted by Crippen LogP contribution is -2.37. The Hall–Kier alpha value is -4.66. The van der Waals surface area contributed by atoms with Gasteiger partial charge in [0.15, 0.2) is 0 Å². The third kappa shape index (κ3) is 5.83. The molecule has 0 spiro atoms. The van der Waals surface area contributed by atoms with Crippen LogP contribution in [0.15, 0.2) is 72.8 Å². The molecule has 1 atom stereocenters. The maximum Gasteiger partial charge on any atom is 0.338 e. The number of imide groups is 1. The highest BCUT2D eigenvalue weighted by Gasteiger charge is 2.46. The van der Waals surface area contributed by atoms with Crippen LogP contribution in [0, 0.1) is 6.92 Å². The Morgan fingerprint density at radius 3 is 2.34 bits per heavy atom. The fourth-order valence-electron chi connectivity index (χ4n) is 4.20. The lowest BCUT2D eigenvalue weighted by atomic mass is 10.1. The number of carbonyl (C=O) groups excluding carboxylic acids is 4. The lowest BCUT2D eigenvalue weighted by molar-refractivity contribution is -0.124. The van der Waals surface area contributed by atoms with Gasteiger partial charge in [-0.25, -0.2) is 14.5 Å². The van der Waals surface area contributed by atoms with E-state index in [2.05, 4.69) is 5.32 Å². The van der Waals surface area contributed by atoms with Gasteiger partial charge in [0.05, 0.1) is 31.4 Å². The molecule has 1 aliphatic rings. The number of aryl methyl sites for hydroxylation is 1. The summed E-state index contributed by atoms with van der Waals surface area (Å²) in [5.41, 5.74) is 2.89. The van der Waals surface area contributed by atoms with Crippen LogP contribution >= 0.6 is 0 Å². The summed E-state index contributed by atoms with van der Waals surface area (Å²) in [5, 5.41) is 2.73. The van der Waals surface area contributed by atoms with Gasteiger partial charge in [-0.1, -0.05) is 35.9 Å². The first-order valence-corrected chi connectivity index (χ1v) is 12.2. The Morgan fingerprint density at radius 2 is 1.68 bits per heavy atom. The van der Waals surface area contributed by atoms with Crippen LogP contribution < -0.4 is 15.0 Å². The summed E-state index contributed by atoms with van der Waals surface area (Å²) in [6.07, 6.45) is -0.257. The minimum Gasteiger partial charge on any atom is -0.497 e. The van der Waals surface area contributed by atoms with E-state index < -0.39 is 29.9 Å². The normalized spacial score (nSPS) is 15.0. The van der Waals surface area contributed by atoms with Crippen molar-refractivity contribution in [3.05, 3.63) is 89.5 Å². The molecule has 38 heavy (non-hydrogen) atoms. The molecule has 1 fully saturated rings. The fraction of sp³-hybridized carbons (Fsp3) is 0.241. The van der Waals surface area contributed by atoms with Crippen LogP contribution in [-0.4, -0.2) is 48.5 Å². The SMILES string of the molecule is CCOC(=O)c1cccc(NC(=O)C[C@@H]2C(=O)N(c3ccc(C)cc3)C(=O)N2Cc2ccc(OC)cc2)c1. The molecule has 0 unspecified atom stereocenters. The number of ether oxygens (including phenoxy) is 2. The zero-order valence-electron chi connectivity index (χ0n) is 21.5. The van der Waals surface area contributed by atoms with Crippen molar-refractivity contribution in [3.8, 4) is 5.75 Å². The molecule has 0 aromatic heterocycles. The largest absolute Gasteiger partial charge is 0.497 e. The first-order chi connectivity index (χ1) is 18.3. The number of amides is 4. The predicted molar refractivity (Wildman–Crippen MR) is 142 cm³/mol. The fourth-order valence-corrected chi connectivity index (χ4v) is 4.20. The minimum absolute atomic E-state index is 0.132. The lowest BCUT2D eigenvalue weighted by Gasteiger charge is -2.22. The topological polar surface area (TPSA) is 105 Å². The number of esters is 1. The Labute approximate surface area is 220 Å². The molecule has 3 aromatic rings. The van der Waals surface area contributed by atoms with Gasteiger partial charge in [-0.3, -0.25) is 9.59 Å². The van der Waals surface area contributed by atoms with E-state index in [-0.39, 0.29) is 19.6 Å². The monoisotopic (exact) mass is 515 g/mol. The van der Waals surface area contributed by atoms with Gasteiger partial charge < -0.3 is 19.7 Å². The van der Waals surface area contributed by atoms with Gasteiger partial charge in [0.1, 0.15) is 11.8 Å². The molecule has 9 nitrogen and oxygen atoms in total. The second-order valence-electron chi connectivity index (χ2n) is 8.84. The smallest absolute Gasteiger partial charge is 0.338 e. The number of methoxy groups -OCH3 is 1. The summed E-state index contributed by atoms with van der Waals surface area (Å²) in [6, 6.07) is 19.1. The van der Waals surface area contributed by atoms with Crippen LogP contribution in [0.2, 0.25) is 0 Å². The van der Waals surface area contributed by atoms with E-state index in [1.54, 1.807) is 56.5 Å². The van der Waals surface area contributed by atoms with Crippen LogP contribution in [0.25, 0.3) is 0 Å². The quantitative estimate of drug-likeness (QED) is 0.331. The van der Waals surface area contributed by atoms with Crippen LogP contribution in [0.4, 0.5) is 16.2 Å². The molecule has 0 bridgehead atoms. The number of hydrogen-bond donors (Lipinski definition) is 1. The second-order valence-corrected chi connectivity index (χ2v) is 8.84. The van der Waals surface area contributed by atoms with Crippen LogP contribution in [0.1, 0.15) is 34.8 Å². The van der Waals surface area contributed by atoms with Gasteiger partial charge >= 0.3 is 12.0 Å². The summed E-state index contributed by atoms with van der Waals surface area (Å²) < 4.78 is 10.2. The molecule has 1 N–H and O–H groups in total. The summed E-state index contributed by atoms with van der Waals surface area (Å²) in [4.78, 5) is 54.6. The average molecular weight is 516 g/mol. The molecular weight excluding hydrogens is 486 g/mol. The molecule has 0 saturated carbocycles. The minimum atomic E-state index is -1.01. The van der Waals surface area contributed by atoms with Crippen molar-refractivity contribution in [2.75, 3.05) is 23.9 Å². The van der Waals surface area contributed by atoms with Gasteiger partial charge in [0.2, 0.25) is 5.91 Å². The van der Waals surface area contributed by atoms with Crippen LogP contribution in [0.3, 0.4) is 0 Å². The average Bonchev–Trinajstić information content (AvgIpc) is 3.13. The van der Waals surface area contributed by atoms with E-state index in [1.807, 2.05) is 31.2 Å². The zero-order valence-corrected chi connectivity index (χ0v) is 21.5. The first-order valence-electron chi connectivity index (χ1n) is 12.2. The van der Waals surface area contributed by atoms with Crippen molar-refractivity contribution < 1.29 is 28.7 Å². The molecule has 0 aliphatic carbocycles. The number of rotatable bonds is 9. The van der Waals surface area contributed by atoms with Crippen LogP contribution in [-0.2, 0) is 20.9 Å². The number of anilines is 2. The second kappa shape index (κ2) is 11.6. The van der Waals surface area contributed by atoms with E-state index in [0.29, 0.717) is 22.7 Å². The van der Waals surface area contributed by atoms with Crippen molar-refractivity contribution in [2.45, 2.75) is 32.9 Å². The number of nitrogens with zero attached hydrogens (tertiary/aromatic N) is 2. The van der Waals surface area contributed by atoms with Gasteiger partial charge in [-0.2, -0.15) is 0 Å².